The summed E-state index contributed by atoms with van der Waals surface area (Å²) in [4.78, 5) is 50.9. The van der Waals surface area contributed by atoms with Crippen LogP contribution in [0.2, 0.25) is 0 Å². The number of imide groups is 1. The van der Waals surface area contributed by atoms with Crippen molar-refractivity contribution in [3.05, 3.63) is 34.8 Å². The number of rotatable bonds is 6. The van der Waals surface area contributed by atoms with Crippen LogP contribution in [0, 0.1) is 32.6 Å². The monoisotopic (exact) mass is 427 g/mol. The Hall–Kier alpha value is -3.23. The van der Waals surface area contributed by atoms with Crippen molar-refractivity contribution >= 4 is 23.6 Å². The number of aromatic nitrogens is 2. The minimum atomic E-state index is -0.769. The number of esters is 1. The second-order valence-electron chi connectivity index (χ2n) is 8.26. The summed E-state index contributed by atoms with van der Waals surface area (Å²) in [6.45, 7) is 4.47. The molecule has 0 bridgehead atoms. The van der Waals surface area contributed by atoms with Crippen LogP contribution < -0.4 is 0 Å². The highest BCUT2D eigenvalue weighted by Crippen LogP contribution is 2.37. The summed E-state index contributed by atoms with van der Waals surface area (Å²) >= 11 is 0. The van der Waals surface area contributed by atoms with E-state index >= 15 is 0 Å². The maximum absolute atomic E-state index is 12.7. The van der Waals surface area contributed by atoms with E-state index in [2.05, 4.69) is 5.16 Å². The van der Waals surface area contributed by atoms with Crippen LogP contribution in [0.25, 0.3) is 5.82 Å². The Morgan fingerprint density at radius 1 is 1.10 bits per heavy atom. The molecule has 2 aliphatic rings. The van der Waals surface area contributed by atoms with Crippen LogP contribution in [0.3, 0.4) is 0 Å². The molecule has 0 aromatic carbocycles. The maximum Gasteiger partial charge on any atom is 0.326 e. The molecule has 1 saturated carbocycles. The molecule has 3 heterocycles. The zero-order valence-corrected chi connectivity index (χ0v) is 17.8. The third-order valence-electron chi connectivity index (χ3n) is 6.16. The summed E-state index contributed by atoms with van der Waals surface area (Å²) < 4.78 is 12.0. The fourth-order valence-electron chi connectivity index (χ4n) is 4.64. The molecule has 0 spiro atoms. The molecule has 2 aromatic heterocycles. The predicted octanol–water partition coefficient (Wildman–Crippen LogP) is 2.29. The zero-order chi connectivity index (χ0) is 22.3. The molecule has 4 rings (SSSR count). The van der Waals surface area contributed by atoms with Gasteiger partial charge in [0.1, 0.15) is 12.3 Å². The number of hydrogen-bond acceptors (Lipinski definition) is 7. The van der Waals surface area contributed by atoms with E-state index in [-0.39, 0.29) is 29.4 Å². The SMILES string of the molecule is Cc1cc(-n2c(C)cc(C(=O)COC(=O)CN3C(=O)[C@H]4CCCC[C@H]4C3=O)c2C)no1. The molecule has 2 amide bonds. The quantitative estimate of drug-likeness (QED) is 0.395. The summed E-state index contributed by atoms with van der Waals surface area (Å²) in [6, 6.07) is 3.46. The summed E-state index contributed by atoms with van der Waals surface area (Å²) in [5.41, 5.74) is 1.85. The lowest BCUT2D eigenvalue weighted by Crippen LogP contribution is -2.37. The third-order valence-corrected chi connectivity index (χ3v) is 6.16. The van der Waals surface area contributed by atoms with Crippen molar-refractivity contribution in [1.29, 1.82) is 0 Å². The molecule has 1 aliphatic carbocycles. The molecular weight excluding hydrogens is 402 g/mol. The normalized spacial score (nSPS) is 20.8. The van der Waals surface area contributed by atoms with Gasteiger partial charge in [0, 0.05) is 23.0 Å². The average Bonchev–Trinajstić information content (AvgIpc) is 3.37. The van der Waals surface area contributed by atoms with Crippen LogP contribution in [0.15, 0.2) is 16.7 Å². The van der Waals surface area contributed by atoms with E-state index < -0.39 is 19.1 Å². The number of aryl methyl sites for hydroxylation is 2. The van der Waals surface area contributed by atoms with Gasteiger partial charge in [0.25, 0.3) is 0 Å². The van der Waals surface area contributed by atoms with Crippen LogP contribution >= 0.6 is 0 Å². The fraction of sp³-hybridized carbons (Fsp3) is 0.500. The van der Waals surface area contributed by atoms with Crippen molar-refractivity contribution < 1.29 is 28.4 Å². The molecule has 2 atom stereocenters. The number of fused-ring (bicyclic) bond motifs is 1. The first-order valence-corrected chi connectivity index (χ1v) is 10.4. The van der Waals surface area contributed by atoms with Gasteiger partial charge in [0.2, 0.25) is 17.6 Å². The highest BCUT2D eigenvalue weighted by atomic mass is 16.5. The smallest absolute Gasteiger partial charge is 0.326 e. The van der Waals surface area contributed by atoms with E-state index in [1.807, 2.05) is 6.92 Å². The largest absolute Gasteiger partial charge is 0.456 e. The van der Waals surface area contributed by atoms with Gasteiger partial charge < -0.3 is 9.26 Å². The second kappa shape index (κ2) is 8.13. The van der Waals surface area contributed by atoms with E-state index in [4.69, 9.17) is 9.26 Å². The molecule has 0 unspecified atom stereocenters. The Morgan fingerprint density at radius 3 is 2.32 bits per heavy atom. The third kappa shape index (κ3) is 3.80. The van der Waals surface area contributed by atoms with Gasteiger partial charge in [-0.2, -0.15) is 0 Å². The number of hydrogen-bond donors (Lipinski definition) is 0. The van der Waals surface area contributed by atoms with Gasteiger partial charge >= 0.3 is 5.97 Å². The summed E-state index contributed by atoms with van der Waals surface area (Å²) in [5, 5.41) is 3.98. The lowest BCUT2D eigenvalue weighted by atomic mass is 9.81. The number of nitrogens with zero attached hydrogens (tertiary/aromatic N) is 3. The predicted molar refractivity (Wildman–Crippen MR) is 107 cm³/mol. The van der Waals surface area contributed by atoms with Crippen LogP contribution in [-0.4, -0.2) is 51.3 Å². The van der Waals surface area contributed by atoms with Gasteiger partial charge in [-0.25, -0.2) is 0 Å². The minimum absolute atomic E-state index is 0.301. The first-order chi connectivity index (χ1) is 14.8. The van der Waals surface area contributed by atoms with Crippen molar-refractivity contribution in [2.75, 3.05) is 13.2 Å². The maximum atomic E-state index is 12.7. The Morgan fingerprint density at radius 2 is 1.74 bits per heavy atom. The van der Waals surface area contributed by atoms with Crippen LogP contribution in [0.4, 0.5) is 0 Å². The molecule has 31 heavy (non-hydrogen) atoms. The van der Waals surface area contributed by atoms with Crippen molar-refractivity contribution in [3.63, 3.8) is 0 Å². The Balaban J connectivity index is 1.39. The van der Waals surface area contributed by atoms with Crippen LogP contribution in [-0.2, 0) is 19.1 Å². The van der Waals surface area contributed by atoms with E-state index in [9.17, 15) is 19.2 Å². The first kappa shape index (κ1) is 21.0. The van der Waals surface area contributed by atoms with Gasteiger partial charge in [-0.1, -0.05) is 18.0 Å². The van der Waals surface area contributed by atoms with E-state index in [1.54, 1.807) is 30.5 Å². The molecule has 1 saturated heterocycles. The lowest BCUT2D eigenvalue weighted by molar-refractivity contribution is -0.152. The number of carbonyl (C=O) groups is 4. The Kier molecular flexibility index (Phi) is 5.51. The van der Waals surface area contributed by atoms with Gasteiger partial charge in [-0.05, 0) is 39.7 Å². The summed E-state index contributed by atoms with van der Waals surface area (Å²) in [5.74, 6) is -1.17. The molecular formula is C22H25N3O6. The number of Topliss-reactive ketones (excluding diaryl/α,β-unsaturated/α-hetero) is 1. The Labute approximate surface area is 179 Å². The van der Waals surface area contributed by atoms with Crippen LogP contribution in [0.5, 0.6) is 0 Å². The highest BCUT2D eigenvalue weighted by molar-refractivity contribution is 6.07. The number of ether oxygens (including phenoxy) is 1. The Bertz CT molecular complexity index is 1040. The highest BCUT2D eigenvalue weighted by Gasteiger charge is 2.48. The van der Waals surface area contributed by atoms with Gasteiger partial charge in [-0.15, -0.1) is 0 Å². The van der Waals surface area contributed by atoms with Crippen molar-refractivity contribution in [2.45, 2.75) is 46.5 Å². The summed E-state index contributed by atoms with van der Waals surface area (Å²) in [6.07, 6.45) is 3.19. The number of ketones is 1. The zero-order valence-electron chi connectivity index (χ0n) is 17.8. The molecule has 2 aromatic rings. The van der Waals surface area contributed by atoms with Gasteiger partial charge in [0.05, 0.1) is 11.8 Å². The lowest BCUT2D eigenvalue weighted by Gasteiger charge is -2.19. The van der Waals surface area contributed by atoms with Crippen LogP contribution in [0.1, 0.15) is 53.2 Å². The van der Waals surface area contributed by atoms with Crippen molar-refractivity contribution in [2.24, 2.45) is 11.8 Å². The number of amides is 2. The number of carbonyl (C=O) groups excluding carboxylic acids is 4. The molecule has 9 nitrogen and oxygen atoms in total. The molecule has 0 radical (unpaired) electrons. The van der Waals surface area contributed by atoms with E-state index in [0.29, 0.717) is 35.7 Å². The fourth-order valence-corrected chi connectivity index (χ4v) is 4.64. The van der Waals surface area contributed by atoms with Gasteiger partial charge in [0.15, 0.2) is 12.4 Å². The standard InChI is InChI=1S/C22H25N3O6/c1-12-8-17(14(3)25(12)19-9-13(2)31-23-19)18(26)11-30-20(27)10-24-21(28)15-6-4-5-7-16(15)22(24)29/h8-9,15-16H,4-7,10-11H2,1-3H3/t15-,16+. The first-order valence-electron chi connectivity index (χ1n) is 10.4. The minimum Gasteiger partial charge on any atom is -0.456 e. The topological polar surface area (TPSA) is 112 Å². The number of likely N-dealkylation sites (tertiary alicyclic amines) is 1. The molecule has 9 heteroatoms. The molecule has 2 fully saturated rings. The van der Waals surface area contributed by atoms with E-state index in [1.165, 1.54) is 0 Å². The average molecular weight is 427 g/mol. The van der Waals surface area contributed by atoms with Crippen molar-refractivity contribution in [1.82, 2.24) is 14.6 Å². The summed E-state index contributed by atoms with van der Waals surface area (Å²) in [7, 11) is 0. The molecule has 1 aliphatic heterocycles. The molecule has 164 valence electrons. The second-order valence-corrected chi connectivity index (χ2v) is 8.26. The van der Waals surface area contributed by atoms with E-state index in [0.717, 1.165) is 23.4 Å². The molecule has 0 N–H and O–H groups in total. The van der Waals surface area contributed by atoms with Crippen molar-refractivity contribution in [3.8, 4) is 5.82 Å². The van der Waals surface area contributed by atoms with Gasteiger partial charge in [-0.3, -0.25) is 28.6 Å².